The molecule has 1 heterocycles. The quantitative estimate of drug-likeness (QED) is 0.780. The summed E-state index contributed by atoms with van der Waals surface area (Å²) >= 11 is 0. The molecule has 0 aromatic rings. The van der Waals surface area contributed by atoms with Crippen molar-refractivity contribution in [2.75, 3.05) is 26.7 Å². The molecular weight excluding hydrogens is 200 g/mol. The summed E-state index contributed by atoms with van der Waals surface area (Å²) in [6, 6.07) is 0. The molecule has 0 aliphatic carbocycles. The van der Waals surface area contributed by atoms with Gasteiger partial charge in [0, 0.05) is 12.0 Å². The van der Waals surface area contributed by atoms with Gasteiger partial charge in [-0.3, -0.25) is 4.79 Å². The predicted molar refractivity (Wildman–Crippen MR) is 67.3 cm³/mol. The van der Waals surface area contributed by atoms with E-state index in [1.54, 1.807) is 0 Å². The SMILES string of the molecule is CN1CCC(C)(CNC(=O)C(C)(C)C)CC1. The fraction of sp³-hybridized carbons (Fsp3) is 0.923. The topological polar surface area (TPSA) is 32.3 Å². The normalized spacial score (nSPS) is 21.8. The minimum absolute atomic E-state index is 0.160. The highest BCUT2D eigenvalue weighted by molar-refractivity contribution is 5.81. The molecule has 0 atom stereocenters. The van der Waals surface area contributed by atoms with Gasteiger partial charge in [0.2, 0.25) is 5.91 Å². The number of carbonyl (C=O) groups is 1. The molecule has 3 nitrogen and oxygen atoms in total. The van der Waals surface area contributed by atoms with Crippen LogP contribution in [0.15, 0.2) is 0 Å². The highest BCUT2D eigenvalue weighted by Crippen LogP contribution is 2.29. The van der Waals surface area contributed by atoms with Crippen molar-refractivity contribution in [3.05, 3.63) is 0 Å². The molecule has 0 spiro atoms. The molecule has 1 saturated heterocycles. The van der Waals surface area contributed by atoms with E-state index in [9.17, 15) is 4.79 Å². The lowest BCUT2D eigenvalue weighted by Gasteiger charge is -2.38. The highest BCUT2D eigenvalue weighted by atomic mass is 16.2. The first-order valence-electron chi connectivity index (χ1n) is 6.20. The fourth-order valence-corrected chi connectivity index (χ4v) is 1.89. The maximum absolute atomic E-state index is 11.8. The van der Waals surface area contributed by atoms with Gasteiger partial charge in [-0.1, -0.05) is 27.7 Å². The van der Waals surface area contributed by atoms with Crippen molar-refractivity contribution in [1.82, 2.24) is 10.2 Å². The van der Waals surface area contributed by atoms with Crippen molar-refractivity contribution in [1.29, 1.82) is 0 Å². The van der Waals surface area contributed by atoms with Crippen LogP contribution in [0.25, 0.3) is 0 Å². The van der Waals surface area contributed by atoms with Gasteiger partial charge in [-0.2, -0.15) is 0 Å². The fourth-order valence-electron chi connectivity index (χ4n) is 1.89. The molecule has 1 amide bonds. The molecule has 0 saturated carbocycles. The van der Waals surface area contributed by atoms with Crippen molar-refractivity contribution >= 4 is 5.91 Å². The molecule has 0 aromatic heterocycles. The molecule has 1 fully saturated rings. The van der Waals surface area contributed by atoms with Crippen LogP contribution in [0.1, 0.15) is 40.5 Å². The van der Waals surface area contributed by atoms with E-state index in [4.69, 9.17) is 0 Å². The number of nitrogens with one attached hydrogen (secondary N) is 1. The largest absolute Gasteiger partial charge is 0.355 e. The molecular formula is C13H26N2O. The lowest BCUT2D eigenvalue weighted by atomic mass is 9.80. The third-order valence-corrected chi connectivity index (χ3v) is 3.55. The summed E-state index contributed by atoms with van der Waals surface area (Å²) in [6.45, 7) is 11.3. The van der Waals surface area contributed by atoms with Crippen molar-refractivity contribution in [3.8, 4) is 0 Å². The molecule has 3 heteroatoms. The van der Waals surface area contributed by atoms with Crippen LogP contribution in [-0.4, -0.2) is 37.5 Å². The van der Waals surface area contributed by atoms with Crippen molar-refractivity contribution in [2.24, 2.45) is 10.8 Å². The second-order valence-corrected chi connectivity index (χ2v) is 6.55. The number of carbonyl (C=O) groups excluding carboxylic acids is 1. The first-order valence-corrected chi connectivity index (χ1v) is 6.20. The second kappa shape index (κ2) is 4.74. The van der Waals surface area contributed by atoms with Gasteiger partial charge in [0.25, 0.3) is 0 Å². The van der Waals surface area contributed by atoms with Crippen molar-refractivity contribution < 1.29 is 4.79 Å². The number of likely N-dealkylation sites (tertiary alicyclic amines) is 1. The summed E-state index contributed by atoms with van der Waals surface area (Å²) in [5.41, 5.74) is 0.00917. The highest BCUT2D eigenvalue weighted by Gasteiger charge is 2.30. The van der Waals surface area contributed by atoms with Gasteiger partial charge >= 0.3 is 0 Å². The van der Waals surface area contributed by atoms with Crippen molar-refractivity contribution in [3.63, 3.8) is 0 Å². The Hall–Kier alpha value is -0.570. The van der Waals surface area contributed by atoms with E-state index in [2.05, 4.69) is 24.2 Å². The predicted octanol–water partition coefficient (Wildman–Crippen LogP) is 1.88. The Balaban J connectivity index is 2.40. The van der Waals surface area contributed by atoms with E-state index in [0.717, 1.165) is 19.6 Å². The number of amides is 1. The third kappa shape index (κ3) is 3.78. The summed E-state index contributed by atoms with van der Waals surface area (Å²) < 4.78 is 0. The monoisotopic (exact) mass is 226 g/mol. The minimum Gasteiger partial charge on any atom is -0.355 e. The third-order valence-electron chi connectivity index (χ3n) is 3.55. The number of rotatable bonds is 2. The smallest absolute Gasteiger partial charge is 0.225 e. The van der Waals surface area contributed by atoms with Gasteiger partial charge in [0.15, 0.2) is 0 Å². The van der Waals surface area contributed by atoms with Crippen LogP contribution in [-0.2, 0) is 4.79 Å². The maximum atomic E-state index is 11.8. The van der Waals surface area contributed by atoms with E-state index >= 15 is 0 Å². The summed E-state index contributed by atoms with van der Waals surface area (Å²) in [7, 11) is 2.16. The summed E-state index contributed by atoms with van der Waals surface area (Å²) in [4.78, 5) is 14.1. The Morgan fingerprint density at radius 1 is 1.31 bits per heavy atom. The Morgan fingerprint density at radius 2 is 1.81 bits per heavy atom. The second-order valence-electron chi connectivity index (χ2n) is 6.55. The first kappa shape index (κ1) is 13.5. The number of piperidine rings is 1. The standard InChI is InChI=1S/C13H26N2O/c1-12(2,3)11(16)14-10-13(4)6-8-15(5)9-7-13/h6-10H2,1-5H3,(H,14,16). The molecule has 1 N–H and O–H groups in total. The molecule has 0 aromatic carbocycles. The van der Waals surface area contributed by atoms with E-state index in [1.165, 1.54) is 12.8 Å². The summed E-state index contributed by atoms with van der Waals surface area (Å²) in [5.74, 6) is 0.160. The lowest BCUT2D eigenvalue weighted by molar-refractivity contribution is -0.129. The Morgan fingerprint density at radius 3 is 2.25 bits per heavy atom. The number of nitrogens with zero attached hydrogens (tertiary/aromatic N) is 1. The molecule has 1 aliphatic heterocycles. The van der Waals surface area contributed by atoms with Crippen LogP contribution in [0.2, 0.25) is 0 Å². The minimum atomic E-state index is -0.276. The van der Waals surface area contributed by atoms with Crippen LogP contribution < -0.4 is 5.32 Å². The van der Waals surface area contributed by atoms with Gasteiger partial charge in [0.1, 0.15) is 0 Å². The van der Waals surface area contributed by atoms with Crippen molar-refractivity contribution in [2.45, 2.75) is 40.5 Å². The molecule has 0 radical (unpaired) electrons. The average Bonchev–Trinajstić information content (AvgIpc) is 2.18. The zero-order valence-electron chi connectivity index (χ0n) is 11.4. The van der Waals surface area contributed by atoms with Crippen LogP contribution >= 0.6 is 0 Å². The molecule has 1 rings (SSSR count). The lowest BCUT2D eigenvalue weighted by Crippen LogP contribution is -2.45. The van der Waals surface area contributed by atoms with Crippen LogP contribution in [0.3, 0.4) is 0 Å². The van der Waals surface area contributed by atoms with Gasteiger partial charge < -0.3 is 10.2 Å². The van der Waals surface area contributed by atoms with E-state index in [-0.39, 0.29) is 16.7 Å². The number of hydrogen-bond acceptors (Lipinski definition) is 2. The van der Waals surface area contributed by atoms with Crippen LogP contribution in [0.4, 0.5) is 0 Å². The Bertz CT molecular complexity index is 247. The molecule has 16 heavy (non-hydrogen) atoms. The van der Waals surface area contributed by atoms with Gasteiger partial charge in [-0.15, -0.1) is 0 Å². The van der Waals surface area contributed by atoms with Crippen LogP contribution in [0, 0.1) is 10.8 Å². The Labute approximate surface area is 99.6 Å². The van der Waals surface area contributed by atoms with E-state index in [0.29, 0.717) is 0 Å². The van der Waals surface area contributed by atoms with E-state index in [1.807, 2.05) is 20.8 Å². The molecule has 1 aliphatic rings. The van der Waals surface area contributed by atoms with Gasteiger partial charge in [0.05, 0.1) is 0 Å². The maximum Gasteiger partial charge on any atom is 0.225 e. The summed E-state index contributed by atoms with van der Waals surface area (Å²) in [6.07, 6.45) is 2.35. The summed E-state index contributed by atoms with van der Waals surface area (Å²) in [5, 5.41) is 3.09. The zero-order valence-corrected chi connectivity index (χ0v) is 11.4. The molecule has 94 valence electrons. The van der Waals surface area contributed by atoms with Gasteiger partial charge in [-0.05, 0) is 38.4 Å². The van der Waals surface area contributed by atoms with E-state index < -0.39 is 0 Å². The Kier molecular flexibility index (Phi) is 4.00. The van der Waals surface area contributed by atoms with Crippen LogP contribution in [0.5, 0.6) is 0 Å². The molecule has 0 unspecified atom stereocenters. The average molecular weight is 226 g/mol. The number of hydrogen-bond donors (Lipinski definition) is 1. The zero-order chi connectivity index (χ0) is 12.4. The van der Waals surface area contributed by atoms with Gasteiger partial charge in [-0.25, -0.2) is 0 Å². The first-order chi connectivity index (χ1) is 7.23. The molecule has 0 bridgehead atoms.